The maximum Gasteiger partial charge on any atom is 0.251 e. The van der Waals surface area contributed by atoms with Gasteiger partial charge in [-0.2, -0.15) is 0 Å². The molecular weight excluding hydrogens is 464 g/mol. The fraction of sp³-hybridized carbons (Fsp3) is 0.0323. The molecule has 0 saturated carbocycles. The van der Waals surface area contributed by atoms with Gasteiger partial charge in [-0.25, -0.2) is 0 Å². The van der Waals surface area contributed by atoms with Crippen molar-refractivity contribution in [2.45, 2.75) is 0 Å². The van der Waals surface area contributed by atoms with Crippen LogP contribution < -0.4 is 10.9 Å². The Balaban J connectivity index is 1.41. The van der Waals surface area contributed by atoms with Crippen LogP contribution in [0.2, 0.25) is 0 Å². The predicted octanol–water partition coefficient (Wildman–Crippen LogP) is 5.27. The summed E-state index contributed by atoms with van der Waals surface area (Å²) in [5.41, 5.74) is 5.55. The molecular formula is C31H18N2O4. The summed E-state index contributed by atoms with van der Waals surface area (Å²) in [7, 11) is 1.69. The fourth-order valence-corrected chi connectivity index (χ4v) is 5.49. The zero-order chi connectivity index (χ0) is 25.4. The van der Waals surface area contributed by atoms with Gasteiger partial charge in [0.25, 0.3) is 5.56 Å². The SMILES string of the molecule is Cn1c(=O)cc2c3c(c(Nc4ccc5c(c4)C(=O)c4ccccc4C5=O)ccc31)C(=O)c1ccccc1-2. The number of aryl methyl sites for hydroxylation is 1. The molecule has 37 heavy (non-hydrogen) atoms. The highest BCUT2D eigenvalue weighted by Crippen LogP contribution is 2.42. The van der Waals surface area contributed by atoms with Crippen LogP contribution in [0.3, 0.4) is 0 Å². The summed E-state index contributed by atoms with van der Waals surface area (Å²) in [6.07, 6.45) is 0. The number of ketones is 3. The zero-order valence-electron chi connectivity index (χ0n) is 19.7. The van der Waals surface area contributed by atoms with Crippen LogP contribution in [-0.4, -0.2) is 21.9 Å². The number of pyridine rings is 1. The van der Waals surface area contributed by atoms with Crippen LogP contribution in [0.25, 0.3) is 22.0 Å². The van der Waals surface area contributed by atoms with Gasteiger partial charge in [-0.05, 0) is 41.5 Å². The van der Waals surface area contributed by atoms with Gasteiger partial charge in [0, 0.05) is 52.0 Å². The van der Waals surface area contributed by atoms with Crippen LogP contribution in [0.1, 0.15) is 47.8 Å². The molecule has 0 fully saturated rings. The molecule has 2 aliphatic carbocycles. The number of nitrogens with one attached hydrogen (secondary N) is 1. The summed E-state index contributed by atoms with van der Waals surface area (Å²) in [6, 6.07) is 24.3. The Morgan fingerprint density at radius 3 is 1.86 bits per heavy atom. The molecule has 0 atom stereocenters. The van der Waals surface area contributed by atoms with E-state index in [-0.39, 0.29) is 22.9 Å². The molecule has 1 aromatic heterocycles. The maximum absolute atomic E-state index is 13.7. The molecule has 6 heteroatoms. The van der Waals surface area contributed by atoms with E-state index in [1.54, 1.807) is 73.8 Å². The van der Waals surface area contributed by atoms with Gasteiger partial charge in [0.15, 0.2) is 17.3 Å². The van der Waals surface area contributed by atoms with Crippen molar-refractivity contribution < 1.29 is 14.4 Å². The number of carbonyl (C=O) groups is 3. The Kier molecular flexibility index (Phi) is 4.27. The van der Waals surface area contributed by atoms with E-state index in [2.05, 4.69) is 5.32 Å². The number of fused-ring (bicyclic) bond motifs is 4. The Hall–Kier alpha value is -5.10. The first kappa shape index (κ1) is 21.2. The number of carbonyl (C=O) groups excluding carboxylic acids is 3. The number of rotatable bonds is 2. The van der Waals surface area contributed by atoms with Crippen molar-refractivity contribution in [3.8, 4) is 11.1 Å². The van der Waals surface area contributed by atoms with Gasteiger partial charge in [0.05, 0.1) is 16.8 Å². The van der Waals surface area contributed by atoms with Crippen molar-refractivity contribution in [2.75, 3.05) is 5.32 Å². The van der Waals surface area contributed by atoms with Crippen LogP contribution in [0.4, 0.5) is 11.4 Å². The summed E-state index contributed by atoms with van der Waals surface area (Å²) in [5.74, 6) is -0.543. The molecule has 6 nitrogen and oxygen atoms in total. The Morgan fingerprint density at radius 2 is 1.16 bits per heavy atom. The Bertz CT molecular complexity index is 1950. The van der Waals surface area contributed by atoms with Crippen LogP contribution in [0, 0.1) is 0 Å². The number of nitrogens with zero attached hydrogens (tertiary/aromatic N) is 1. The number of hydrogen-bond donors (Lipinski definition) is 1. The first-order valence-corrected chi connectivity index (χ1v) is 11.8. The normalized spacial score (nSPS) is 13.3. The third-order valence-electron chi connectivity index (χ3n) is 7.31. The lowest BCUT2D eigenvalue weighted by Gasteiger charge is -2.24. The minimum Gasteiger partial charge on any atom is -0.355 e. The number of aromatic nitrogens is 1. The highest BCUT2D eigenvalue weighted by molar-refractivity contribution is 6.29. The smallest absolute Gasteiger partial charge is 0.251 e. The summed E-state index contributed by atoms with van der Waals surface area (Å²) in [4.78, 5) is 52.6. The first-order chi connectivity index (χ1) is 17.9. The van der Waals surface area contributed by atoms with Crippen LogP contribution in [0.15, 0.2) is 89.7 Å². The lowest BCUT2D eigenvalue weighted by atomic mass is 9.83. The van der Waals surface area contributed by atoms with Gasteiger partial charge < -0.3 is 9.88 Å². The van der Waals surface area contributed by atoms with Gasteiger partial charge in [0.2, 0.25) is 0 Å². The molecule has 0 spiro atoms. The van der Waals surface area contributed by atoms with E-state index in [1.807, 2.05) is 18.2 Å². The molecule has 4 aromatic carbocycles. The van der Waals surface area contributed by atoms with Gasteiger partial charge >= 0.3 is 0 Å². The molecule has 0 aliphatic heterocycles. The standard InChI is InChI=1S/C31H18N2O4/c1-33-25-13-12-24(28-27(25)22(15-26(33)34)17-6-2-3-7-18(17)31(28)37)32-16-10-11-21-23(14-16)30(36)20-9-5-4-8-19(20)29(21)35/h2-15,32H,1H3. The topological polar surface area (TPSA) is 85.2 Å². The quantitative estimate of drug-likeness (QED) is 0.363. The van der Waals surface area contributed by atoms with Crippen LogP contribution in [0.5, 0.6) is 0 Å². The molecule has 176 valence electrons. The van der Waals surface area contributed by atoms with Gasteiger partial charge in [0.1, 0.15) is 0 Å². The molecule has 5 aromatic rings. The van der Waals surface area contributed by atoms with Crippen molar-refractivity contribution in [3.63, 3.8) is 0 Å². The van der Waals surface area contributed by atoms with Crippen molar-refractivity contribution in [3.05, 3.63) is 129 Å². The van der Waals surface area contributed by atoms with E-state index in [1.165, 1.54) is 4.57 Å². The molecule has 0 saturated heterocycles. The van der Waals surface area contributed by atoms with E-state index in [9.17, 15) is 19.2 Å². The second kappa shape index (κ2) is 7.45. The number of benzene rings is 4. The third kappa shape index (κ3) is 2.87. The number of hydrogen-bond acceptors (Lipinski definition) is 5. The number of anilines is 2. The summed E-state index contributed by atoms with van der Waals surface area (Å²) in [6.45, 7) is 0. The van der Waals surface area contributed by atoms with E-state index < -0.39 is 0 Å². The molecule has 0 unspecified atom stereocenters. The molecule has 0 radical (unpaired) electrons. The van der Waals surface area contributed by atoms with Crippen molar-refractivity contribution in [1.82, 2.24) is 4.57 Å². The monoisotopic (exact) mass is 482 g/mol. The van der Waals surface area contributed by atoms with Gasteiger partial charge in [-0.15, -0.1) is 0 Å². The van der Waals surface area contributed by atoms with Crippen LogP contribution in [-0.2, 0) is 7.05 Å². The average Bonchev–Trinajstić information content (AvgIpc) is 2.93. The van der Waals surface area contributed by atoms with Gasteiger partial charge in [-0.3, -0.25) is 19.2 Å². The minimum absolute atomic E-state index is 0.145. The lowest BCUT2D eigenvalue weighted by Crippen LogP contribution is -2.21. The molecule has 7 rings (SSSR count). The second-order valence-electron chi connectivity index (χ2n) is 9.30. The molecule has 1 N–H and O–H groups in total. The fourth-order valence-electron chi connectivity index (χ4n) is 5.49. The molecule has 1 heterocycles. The zero-order valence-corrected chi connectivity index (χ0v) is 19.7. The summed E-state index contributed by atoms with van der Waals surface area (Å²) >= 11 is 0. The average molecular weight is 482 g/mol. The van der Waals surface area contributed by atoms with Crippen LogP contribution >= 0.6 is 0 Å². The van der Waals surface area contributed by atoms with E-state index in [0.29, 0.717) is 55.7 Å². The van der Waals surface area contributed by atoms with Crippen molar-refractivity contribution >= 4 is 39.6 Å². The summed E-state index contributed by atoms with van der Waals surface area (Å²) in [5, 5.41) is 4.01. The second-order valence-corrected chi connectivity index (χ2v) is 9.30. The van der Waals surface area contributed by atoms with E-state index in [0.717, 1.165) is 11.1 Å². The predicted molar refractivity (Wildman–Crippen MR) is 141 cm³/mol. The van der Waals surface area contributed by atoms with Crippen molar-refractivity contribution in [2.24, 2.45) is 7.05 Å². The summed E-state index contributed by atoms with van der Waals surface area (Å²) < 4.78 is 1.54. The first-order valence-electron chi connectivity index (χ1n) is 11.8. The maximum atomic E-state index is 13.7. The highest BCUT2D eigenvalue weighted by Gasteiger charge is 2.31. The Labute approximate surface area is 210 Å². The Morgan fingerprint density at radius 1 is 0.568 bits per heavy atom. The lowest BCUT2D eigenvalue weighted by molar-refractivity contribution is 0.0979. The molecule has 2 aliphatic rings. The molecule has 0 bridgehead atoms. The third-order valence-corrected chi connectivity index (χ3v) is 7.31. The largest absolute Gasteiger partial charge is 0.355 e. The highest BCUT2D eigenvalue weighted by atomic mass is 16.1. The van der Waals surface area contributed by atoms with E-state index >= 15 is 0 Å². The minimum atomic E-state index is -0.212. The molecule has 0 amide bonds. The van der Waals surface area contributed by atoms with Gasteiger partial charge in [-0.1, -0.05) is 48.5 Å². The van der Waals surface area contributed by atoms with E-state index in [4.69, 9.17) is 0 Å². The van der Waals surface area contributed by atoms with Crippen molar-refractivity contribution in [1.29, 1.82) is 0 Å².